The molecule has 1 amide bonds. The molecule has 1 fully saturated rings. The van der Waals surface area contributed by atoms with Gasteiger partial charge in [-0.15, -0.1) is 6.42 Å². The molecule has 5 heteroatoms. The summed E-state index contributed by atoms with van der Waals surface area (Å²) in [6, 6.07) is 0.244. The Hall–Kier alpha value is -1.09. The minimum absolute atomic E-state index is 0.00716. The third-order valence-corrected chi connectivity index (χ3v) is 3.29. The van der Waals surface area contributed by atoms with Crippen LogP contribution in [0.4, 0.5) is 0 Å². The summed E-state index contributed by atoms with van der Waals surface area (Å²) >= 11 is 0. The predicted octanol–water partition coefficient (Wildman–Crippen LogP) is -0.876. The summed E-state index contributed by atoms with van der Waals surface area (Å²) in [5.74, 6) is 2.46. The van der Waals surface area contributed by atoms with Crippen LogP contribution in [-0.4, -0.2) is 73.2 Å². The fourth-order valence-electron chi connectivity index (χ4n) is 2.27. The fourth-order valence-corrected chi connectivity index (χ4v) is 2.27. The molecular weight excluding hydrogens is 230 g/mol. The Morgan fingerprint density at radius 1 is 1.56 bits per heavy atom. The topological polar surface area (TPSA) is 55.8 Å². The van der Waals surface area contributed by atoms with Crippen molar-refractivity contribution in [3.63, 3.8) is 0 Å². The molecule has 0 bridgehead atoms. The molecule has 1 saturated heterocycles. The second kappa shape index (κ2) is 8.09. The third-order valence-electron chi connectivity index (χ3n) is 3.29. The monoisotopic (exact) mass is 253 g/mol. The van der Waals surface area contributed by atoms with E-state index in [-0.39, 0.29) is 25.1 Å². The number of nitrogens with zero attached hydrogens (tertiary/aromatic N) is 2. The Labute approximate surface area is 109 Å². The highest BCUT2D eigenvalue weighted by atomic mass is 16.3. The van der Waals surface area contributed by atoms with Gasteiger partial charge < -0.3 is 14.9 Å². The fraction of sp³-hybridized carbons (Fsp3) is 0.769. The van der Waals surface area contributed by atoms with Crippen molar-refractivity contribution >= 4 is 5.91 Å². The lowest BCUT2D eigenvalue weighted by atomic mass is 10.0. The summed E-state index contributed by atoms with van der Waals surface area (Å²) in [5, 5.41) is 12.0. The van der Waals surface area contributed by atoms with Crippen molar-refractivity contribution in [2.24, 2.45) is 0 Å². The van der Waals surface area contributed by atoms with Gasteiger partial charge in [-0.3, -0.25) is 10.1 Å². The number of likely N-dealkylation sites (tertiary alicyclic amines) is 1. The zero-order valence-electron chi connectivity index (χ0n) is 11.1. The highest BCUT2D eigenvalue weighted by Crippen LogP contribution is 2.15. The van der Waals surface area contributed by atoms with E-state index in [1.54, 1.807) is 4.90 Å². The lowest BCUT2D eigenvalue weighted by molar-refractivity contribution is -0.134. The molecule has 5 nitrogen and oxygen atoms in total. The number of hydrogen-bond acceptors (Lipinski definition) is 4. The molecule has 1 rings (SSSR count). The summed E-state index contributed by atoms with van der Waals surface area (Å²) in [6.45, 7) is 3.05. The van der Waals surface area contributed by atoms with Crippen molar-refractivity contribution in [2.75, 3.05) is 46.4 Å². The Bertz CT molecular complexity index is 293. The van der Waals surface area contributed by atoms with Gasteiger partial charge in [-0.2, -0.15) is 0 Å². The summed E-state index contributed by atoms with van der Waals surface area (Å²) < 4.78 is 0. The first kappa shape index (κ1) is 15.0. The second-order valence-electron chi connectivity index (χ2n) is 4.65. The molecule has 0 aromatic rings. The minimum Gasteiger partial charge on any atom is -0.395 e. The molecule has 0 aromatic heterocycles. The van der Waals surface area contributed by atoms with Gasteiger partial charge in [0.05, 0.1) is 19.7 Å². The molecule has 1 heterocycles. The standard InChI is InChI=1S/C13H23N3O2/c1-3-6-14-11-13(18)16(9-10-17)12-4-7-15(2)8-5-12/h1,12,14,17H,4-11H2,2H3. The molecule has 2 N–H and O–H groups in total. The lowest BCUT2D eigenvalue weighted by Gasteiger charge is -2.37. The number of carbonyl (C=O) groups excluding carboxylic acids is 1. The average molecular weight is 253 g/mol. The van der Waals surface area contributed by atoms with E-state index in [9.17, 15) is 4.79 Å². The number of amides is 1. The van der Waals surface area contributed by atoms with Crippen LogP contribution in [-0.2, 0) is 4.79 Å². The Balaban J connectivity index is 2.47. The summed E-state index contributed by atoms with van der Waals surface area (Å²) in [6.07, 6.45) is 7.06. The van der Waals surface area contributed by atoms with Crippen LogP contribution in [0.15, 0.2) is 0 Å². The van der Waals surface area contributed by atoms with Crippen molar-refractivity contribution in [3.05, 3.63) is 0 Å². The van der Waals surface area contributed by atoms with Crippen LogP contribution in [0.3, 0.4) is 0 Å². The van der Waals surface area contributed by atoms with Gasteiger partial charge in [-0.25, -0.2) is 0 Å². The Kier molecular flexibility index (Phi) is 6.73. The van der Waals surface area contributed by atoms with Crippen LogP contribution >= 0.6 is 0 Å². The summed E-state index contributed by atoms with van der Waals surface area (Å²) in [5.41, 5.74) is 0. The van der Waals surface area contributed by atoms with E-state index in [1.807, 2.05) is 0 Å². The van der Waals surface area contributed by atoms with Crippen molar-refractivity contribution in [3.8, 4) is 12.3 Å². The van der Waals surface area contributed by atoms with E-state index in [1.165, 1.54) is 0 Å². The predicted molar refractivity (Wildman–Crippen MR) is 71.0 cm³/mol. The number of carbonyl (C=O) groups is 1. The van der Waals surface area contributed by atoms with E-state index < -0.39 is 0 Å². The quantitative estimate of drug-likeness (QED) is 0.477. The minimum atomic E-state index is 0.00716. The molecule has 0 saturated carbocycles. The SMILES string of the molecule is C#CCNCC(=O)N(CCO)C1CCN(C)CC1. The van der Waals surface area contributed by atoms with Crippen LogP contribution in [0.5, 0.6) is 0 Å². The van der Waals surface area contributed by atoms with Crippen molar-refractivity contribution in [1.29, 1.82) is 0 Å². The number of aliphatic hydroxyl groups excluding tert-OH is 1. The Morgan fingerprint density at radius 3 is 2.78 bits per heavy atom. The first-order valence-electron chi connectivity index (χ1n) is 6.42. The molecule has 0 aliphatic carbocycles. The maximum Gasteiger partial charge on any atom is 0.236 e. The van der Waals surface area contributed by atoms with Crippen molar-refractivity contribution < 1.29 is 9.90 Å². The van der Waals surface area contributed by atoms with E-state index >= 15 is 0 Å². The molecule has 0 unspecified atom stereocenters. The van der Waals surface area contributed by atoms with Crippen LogP contribution < -0.4 is 5.32 Å². The van der Waals surface area contributed by atoms with Crippen LogP contribution in [0.25, 0.3) is 0 Å². The average Bonchev–Trinajstić information content (AvgIpc) is 2.37. The third kappa shape index (κ3) is 4.65. The van der Waals surface area contributed by atoms with Crippen LogP contribution in [0.1, 0.15) is 12.8 Å². The summed E-state index contributed by atoms with van der Waals surface area (Å²) in [4.78, 5) is 16.1. The van der Waals surface area contributed by atoms with E-state index in [0.717, 1.165) is 25.9 Å². The highest BCUT2D eigenvalue weighted by Gasteiger charge is 2.25. The number of piperidine rings is 1. The number of rotatable bonds is 6. The maximum atomic E-state index is 12.1. The number of aliphatic hydroxyl groups is 1. The molecule has 0 spiro atoms. The van der Waals surface area contributed by atoms with Crippen molar-refractivity contribution in [1.82, 2.24) is 15.1 Å². The maximum absolute atomic E-state index is 12.1. The second-order valence-corrected chi connectivity index (χ2v) is 4.65. The van der Waals surface area contributed by atoms with Gasteiger partial charge in [0.2, 0.25) is 5.91 Å². The van der Waals surface area contributed by atoms with Crippen LogP contribution in [0, 0.1) is 12.3 Å². The largest absolute Gasteiger partial charge is 0.395 e. The molecule has 1 aliphatic heterocycles. The lowest BCUT2D eigenvalue weighted by Crippen LogP contribution is -2.50. The molecule has 0 aromatic carbocycles. The van der Waals surface area contributed by atoms with E-state index in [2.05, 4.69) is 23.2 Å². The molecule has 18 heavy (non-hydrogen) atoms. The molecular formula is C13H23N3O2. The molecule has 0 atom stereocenters. The Morgan fingerprint density at radius 2 is 2.22 bits per heavy atom. The first-order chi connectivity index (χ1) is 8.69. The number of nitrogens with one attached hydrogen (secondary N) is 1. The highest BCUT2D eigenvalue weighted by molar-refractivity contribution is 5.78. The normalized spacial score (nSPS) is 17.4. The summed E-state index contributed by atoms with van der Waals surface area (Å²) in [7, 11) is 2.09. The van der Waals surface area contributed by atoms with Gasteiger partial charge in [0.1, 0.15) is 0 Å². The van der Waals surface area contributed by atoms with Gasteiger partial charge >= 0.3 is 0 Å². The number of hydrogen-bond donors (Lipinski definition) is 2. The van der Waals surface area contributed by atoms with E-state index in [4.69, 9.17) is 11.5 Å². The molecule has 102 valence electrons. The molecule has 0 radical (unpaired) electrons. The smallest absolute Gasteiger partial charge is 0.236 e. The van der Waals surface area contributed by atoms with E-state index in [0.29, 0.717) is 13.1 Å². The van der Waals surface area contributed by atoms with Gasteiger partial charge in [0.15, 0.2) is 0 Å². The van der Waals surface area contributed by atoms with Gasteiger partial charge in [0.25, 0.3) is 0 Å². The zero-order valence-corrected chi connectivity index (χ0v) is 11.1. The molecule has 1 aliphatic rings. The first-order valence-corrected chi connectivity index (χ1v) is 6.42. The zero-order chi connectivity index (χ0) is 13.4. The van der Waals surface area contributed by atoms with Crippen LogP contribution in [0.2, 0.25) is 0 Å². The van der Waals surface area contributed by atoms with Gasteiger partial charge in [0, 0.05) is 12.6 Å². The van der Waals surface area contributed by atoms with Gasteiger partial charge in [-0.05, 0) is 33.0 Å². The van der Waals surface area contributed by atoms with Gasteiger partial charge in [-0.1, -0.05) is 5.92 Å². The number of terminal acetylenes is 1. The van der Waals surface area contributed by atoms with Crippen molar-refractivity contribution in [2.45, 2.75) is 18.9 Å².